The Kier molecular flexibility index (Phi) is 4.29. The van der Waals surface area contributed by atoms with Crippen molar-refractivity contribution in [2.24, 2.45) is 5.92 Å². The summed E-state index contributed by atoms with van der Waals surface area (Å²) in [5.41, 5.74) is 0.946. The Labute approximate surface area is 149 Å². The third-order valence-electron chi connectivity index (χ3n) is 5.54. The summed E-state index contributed by atoms with van der Waals surface area (Å²) in [7, 11) is 0. The normalized spacial score (nSPS) is 20.6. The summed E-state index contributed by atoms with van der Waals surface area (Å²) < 4.78 is 3.72. The molecule has 0 amide bonds. The monoisotopic (exact) mass is 343 g/mol. The van der Waals surface area contributed by atoms with Gasteiger partial charge in [-0.3, -0.25) is 9.13 Å². The lowest BCUT2D eigenvalue weighted by Gasteiger charge is -2.13. The topological polar surface area (TPSA) is 64.7 Å². The first-order valence-electron chi connectivity index (χ1n) is 9.86. The number of aromatic nitrogens is 4. The van der Waals surface area contributed by atoms with Crippen molar-refractivity contribution in [3.05, 3.63) is 16.3 Å². The molecule has 0 aromatic carbocycles. The van der Waals surface area contributed by atoms with Crippen molar-refractivity contribution >= 4 is 5.82 Å². The zero-order chi connectivity index (χ0) is 17.6. The highest BCUT2D eigenvalue weighted by atomic mass is 16.1. The third-order valence-corrected chi connectivity index (χ3v) is 5.54. The molecule has 0 bridgehead atoms. The van der Waals surface area contributed by atoms with Crippen LogP contribution in [0, 0.1) is 5.92 Å². The molecule has 25 heavy (non-hydrogen) atoms. The fourth-order valence-electron chi connectivity index (χ4n) is 4.43. The van der Waals surface area contributed by atoms with E-state index in [1.54, 1.807) is 0 Å². The first kappa shape index (κ1) is 16.6. The zero-order valence-electron chi connectivity index (χ0n) is 15.6. The van der Waals surface area contributed by atoms with Crippen molar-refractivity contribution in [1.29, 1.82) is 0 Å². The molecule has 6 heteroatoms. The van der Waals surface area contributed by atoms with E-state index in [2.05, 4.69) is 26.1 Å². The number of anilines is 1. The quantitative estimate of drug-likeness (QED) is 0.903. The molecule has 1 fully saturated rings. The van der Waals surface area contributed by atoms with Gasteiger partial charge in [0.15, 0.2) is 5.82 Å². The maximum atomic E-state index is 13.0. The van der Waals surface area contributed by atoms with E-state index < -0.39 is 0 Å². The average molecular weight is 343 g/mol. The minimum absolute atomic E-state index is 0.0565. The van der Waals surface area contributed by atoms with Crippen LogP contribution in [-0.4, -0.2) is 25.1 Å². The van der Waals surface area contributed by atoms with E-state index in [-0.39, 0.29) is 5.69 Å². The van der Waals surface area contributed by atoms with Crippen LogP contribution in [0.3, 0.4) is 0 Å². The van der Waals surface area contributed by atoms with E-state index in [0.717, 1.165) is 42.5 Å². The van der Waals surface area contributed by atoms with Gasteiger partial charge in [0.2, 0.25) is 0 Å². The number of hydrogen-bond acceptors (Lipinski definition) is 4. The van der Waals surface area contributed by atoms with Crippen molar-refractivity contribution in [3.8, 4) is 11.5 Å². The Balaban J connectivity index is 1.81. The van der Waals surface area contributed by atoms with Crippen LogP contribution in [-0.2, 0) is 13.1 Å². The number of rotatable bonds is 5. The standard InChI is InChI=1S/C19H29N5O/c1-4-9-23-18-15(21-16(22-18)13-7-5-6-8-13)17-20-14(10-12(2)3)11-24(17)19(23)25/h12-14,20H,4-11H2,1-3H3/t14-/m1/s1. The van der Waals surface area contributed by atoms with E-state index in [4.69, 9.17) is 9.97 Å². The summed E-state index contributed by atoms with van der Waals surface area (Å²) in [6.45, 7) is 7.98. The molecule has 1 atom stereocenters. The van der Waals surface area contributed by atoms with Crippen LogP contribution in [0.5, 0.6) is 0 Å². The van der Waals surface area contributed by atoms with E-state index in [1.165, 1.54) is 25.7 Å². The highest BCUT2D eigenvalue weighted by molar-refractivity contribution is 5.69. The molecule has 6 nitrogen and oxygen atoms in total. The highest BCUT2D eigenvalue weighted by Crippen LogP contribution is 2.37. The Hall–Kier alpha value is -1.85. The largest absolute Gasteiger partial charge is 0.365 e. The molecule has 0 saturated heterocycles. The first-order chi connectivity index (χ1) is 12.1. The summed E-state index contributed by atoms with van der Waals surface area (Å²) in [5.74, 6) is 3.67. The van der Waals surface area contributed by atoms with Gasteiger partial charge in [0.25, 0.3) is 0 Å². The number of fused-ring (bicyclic) bond motifs is 3. The minimum Gasteiger partial charge on any atom is -0.365 e. The van der Waals surface area contributed by atoms with E-state index in [1.807, 2.05) is 9.13 Å². The number of nitrogens with one attached hydrogen (secondary N) is 1. The predicted octanol–water partition coefficient (Wildman–Crippen LogP) is 3.45. The second-order valence-corrected chi connectivity index (χ2v) is 8.10. The number of hydrogen-bond donors (Lipinski definition) is 1. The van der Waals surface area contributed by atoms with Gasteiger partial charge in [-0.2, -0.15) is 0 Å². The van der Waals surface area contributed by atoms with E-state index in [0.29, 0.717) is 24.4 Å². The van der Waals surface area contributed by atoms with Crippen molar-refractivity contribution in [1.82, 2.24) is 19.1 Å². The molecule has 0 aromatic heterocycles. The van der Waals surface area contributed by atoms with Crippen LogP contribution in [0.1, 0.15) is 71.0 Å². The molecule has 1 aliphatic carbocycles. The summed E-state index contributed by atoms with van der Waals surface area (Å²) in [6.07, 6.45) is 6.85. The van der Waals surface area contributed by atoms with Gasteiger partial charge in [-0.1, -0.05) is 33.6 Å². The molecule has 3 heterocycles. The molecule has 0 unspecified atom stereocenters. The Bertz CT molecular complexity index is 784. The molecule has 1 N–H and O–H groups in total. The Morgan fingerprint density at radius 1 is 1.24 bits per heavy atom. The lowest BCUT2D eigenvalue weighted by Crippen LogP contribution is -2.32. The predicted molar refractivity (Wildman–Crippen MR) is 99.3 cm³/mol. The van der Waals surface area contributed by atoms with Gasteiger partial charge >= 0.3 is 5.69 Å². The molecule has 0 aromatic rings. The van der Waals surface area contributed by atoms with Crippen LogP contribution in [0.25, 0.3) is 11.5 Å². The molecular weight excluding hydrogens is 314 g/mol. The maximum Gasteiger partial charge on any atom is 0.331 e. The van der Waals surface area contributed by atoms with Gasteiger partial charge in [-0.25, -0.2) is 14.8 Å². The van der Waals surface area contributed by atoms with Gasteiger partial charge in [-0.05, 0) is 31.6 Å². The highest BCUT2D eigenvalue weighted by Gasteiger charge is 2.33. The smallest absolute Gasteiger partial charge is 0.331 e. The Morgan fingerprint density at radius 3 is 2.68 bits per heavy atom. The summed E-state index contributed by atoms with van der Waals surface area (Å²) in [4.78, 5) is 22.8. The number of imidazole rings is 1. The molecule has 4 aliphatic rings. The van der Waals surface area contributed by atoms with E-state index >= 15 is 0 Å². The van der Waals surface area contributed by atoms with Gasteiger partial charge in [0, 0.05) is 25.0 Å². The minimum atomic E-state index is 0.0565. The molecular formula is C19H29N5O. The van der Waals surface area contributed by atoms with Crippen molar-refractivity contribution in [2.45, 2.75) is 84.3 Å². The fourth-order valence-corrected chi connectivity index (χ4v) is 4.43. The van der Waals surface area contributed by atoms with Crippen LogP contribution in [0.4, 0.5) is 5.82 Å². The van der Waals surface area contributed by atoms with Gasteiger partial charge < -0.3 is 5.32 Å². The molecule has 0 spiro atoms. The molecule has 3 aliphatic heterocycles. The maximum absolute atomic E-state index is 13.0. The van der Waals surface area contributed by atoms with Crippen LogP contribution in [0.15, 0.2) is 4.79 Å². The SMILES string of the molecule is CCCn1c2nc(C3CCCC3)nc-2c2n(c1=O)C[C@@H](CC(C)C)N2. The molecule has 0 radical (unpaired) electrons. The van der Waals surface area contributed by atoms with Crippen LogP contribution >= 0.6 is 0 Å². The Morgan fingerprint density at radius 2 is 2.00 bits per heavy atom. The first-order valence-corrected chi connectivity index (χ1v) is 9.86. The lowest BCUT2D eigenvalue weighted by molar-refractivity contribution is 0.485. The zero-order valence-corrected chi connectivity index (χ0v) is 15.6. The summed E-state index contributed by atoms with van der Waals surface area (Å²) in [5, 5.41) is 3.57. The molecule has 1 saturated carbocycles. The number of nitrogens with zero attached hydrogens (tertiary/aromatic N) is 4. The second-order valence-electron chi connectivity index (χ2n) is 8.10. The summed E-state index contributed by atoms with van der Waals surface area (Å²) >= 11 is 0. The molecule has 136 valence electrons. The van der Waals surface area contributed by atoms with E-state index in [9.17, 15) is 4.79 Å². The van der Waals surface area contributed by atoms with Crippen LogP contribution < -0.4 is 11.0 Å². The van der Waals surface area contributed by atoms with Gasteiger partial charge in [0.05, 0.1) is 0 Å². The molecule has 4 rings (SSSR count). The third kappa shape index (κ3) is 2.85. The van der Waals surface area contributed by atoms with Gasteiger partial charge in [-0.15, -0.1) is 0 Å². The fraction of sp³-hybridized carbons (Fsp3) is 0.737. The van der Waals surface area contributed by atoms with Crippen LogP contribution in [0.2, 0.25) is 0 Å². The lowest BCUT2D eigenvalue weighted by atomic mass is 10.0. The average Bonchev–Trinajstić information content (AvgIpc) is 3.28. The van der Waals surface area contributed by atoms with Crippen molar-refractivity contribution in [2.75, 3.05) is 5.32 Å². The van der Waals surface area contributed by atoms with Gasteiger partial charge in [0.1, 0.15) is 17.3 Å². The summed E-state index contributed by atoms with van der Waals surface area (Å²) in [6, 6.07) is 0.306. The van der Waals surface area contributed by atoms with Crippen molar-refractivity contribution < 1.29 is 0 Å². The van der Waals surface area contributed by atoms with Crippen molar-refractivity contribution in [3.63, 3.8) is 0 Å². The second kappa shape index (κ2) is 6.46.